The number of benzene rings is 2. The van der Waals surface area contributed by atoms with Gasteiger partial charge in [-0.1, -0.05) is 23.7 Å². The van der Waals surface area contributed by atoms with Crippen LogP contribution < -0.4 is 20.7 Å². The first-order valence-corrected chi connectivity index (χ1v) is 13.4. The number of carbonyl (C=O) groups excluding carboxylic acids is 2. The van der Waals surface area contributed by atoms with Crippen molar-refractivity contribution in [1.29, 1.82) is 0 Å². The molecule has 0 bridgehead atoms. The van der Waals surface area contributed by atoms with Crippen molar-refractivity contribution >= 4 is 46.4 Å². The summed E-state index contributed by atoms with van der Waals surface area (Å²) in [4.78, 5) is 35.2. The van der Waals surface area contributed by atoms with Gasteiger partial charge in [0.15, 0.2) is 5.82 Å². The molecule has 1 fully saturated rings. The van der Waals surface area contributed by atoms with Crippen LogP contribution in [0.5, 0.6) is 5.75 Å². The number of ether oxygens (including phenoxy) is 1. The lowest BCUT2D eigenvalue weighted by Gasteiger charge is -2.26. The van der Waals surface area contributed by atoms with Gasteiger partial charge in [-0.3, -0.25) is 9.59 Å². The number of rotatable bonds is 9. The Labute approximate surface area is 234 Å². The van der Waals surface area contributed by atoms with Crippen LogP contribution in [0.1, 0.15) is 54.1 Å². The molecule has 206 valence electrons. The van der Waals surface area contributed by atoms with Gasteiger partial charge in [0.2, 0.25) is 5.95 Å². The number of carbonyl (C=O) groups is 2. The predicted octanol–water partition coefficient (Wildman–Crippen LogP) is 5.45. The maximum Gasteiger partial charge on any atom is 0.294 e. The molecular weight excluding hydrogens is 516 g/mol. The minimum Gasteiger partial charge on any atom is -0.489 e. The molecule has 10 heteroatoms. The Morgan fingerprint density at radius 3 is 2.51 bits per heavy atom. The van der Waals surface area contributed by atoms with Gasteiger partial charge in [-0.05, 0) is 88.0 Å². The smallest absolute Gasteiger partial charge is 0.294 e. The largest absolute Gasteiger partial charge is 0.489 e. The van der Waals surface area contributed by atoms with E-state index in [-0.39, 0.29) is 16.7 Å². The number of hydrogen-bond acceptors (Lipinski definition) is 8. The van der Waals surface area contributed by atoms with Gasteiger partial charge in [-0.2, -0.15) is 4.98 Å². The predicted molar refractivity (Wildman–Crippen MR) is 155 cm³/mol. The van der Waals surface area contributed by atoms with E-state index in [9.17, 15) is 9.59 Å². The number of likely N-dealkylation sites (N-methyl/N-ethyl adjacent to an activating group) is 1. The van der Waals surface area contributed by atoms with Crippen LogP contribution in [0, 0.1) is 6.92 Å². The van der Waals surface area contributed by atoms with Crippen molar-refractivity contribution in [3.63, 3.8) is 0 Å². The van der Waals surface area contributed by atoms with E-state index in [1.54, 1.807) is 24.3 Å². The van der Waals surface area contributed by atoms with Gasteiger partial charge in [0, 0.05) is 14.1 Å². The standard InChI is InChI=1S/C29H35ClN6O3/c1-17(2)39-25-15-21(19-10-12-31-13-11-19)18(3)14-24(25)34-29-32-16-22(30)27(35-29)33-23-9-7-6-8-20(23)26(37)28(38)36(4)5/h6-9,14-17,19,31H,10-13H2,1-5H3,(H2,32,33,34,35). The molecule has 2 aromatic carbocycles. The van der Waals surface area contributed by atoms with Crippen molar-refractivity contribution in [3.05, 3.63) is 64.3 Å². The Bertz CT molecular complexity index is 1350. The zero-order valence-electron chi connectivity index (χ0n) is 23.0. The molecule has 1 saturated heterocycles. The van der Waals surface area contributed by atoms with E-state index < -0.39 is 11.7 Å². The van der Waals surface area contributed by atoms with Gasteiger partial charge in [-0.15, -0.1) is 0 Å². The van der Waals surface area contributed by atoms with Gasteiger partial charge in [0.05, 0.1) is 29.2 Å². The third-order valence-electron chi connectivity index (χ3n) is 6.53. The number of nitrogens with one attached hydrogen (secondary N) is 3. The normalized spacial score (nSPS) is 13.7. The lowest BCUT2D eigenvalue weighted by molar-refractivity contribution is -0.124. The average Bonchev–Trinajstić information content (AvgIpc) is 2.91. The molecule has 2 heterocycles. The van der Waals surface area contributed by atoms with Crippen molar-refractivity contribution in [1.82, 2.24) is 20.2 Å². The van der Waals surface area contributed by atoms with E-state index in [2.05, 4.69) is 45.0 Å². The van der Waals surface area contributed by atoms with E-state index >= 15 is 0 Å². The zero-order valence-corrected chi connectivity index (χ0v) is 23.7. The summed E-state index contributed by atoms with van der Waals surface area (Å²) in [6.07, 6.45) is 3.65. The summed E-state index contributed by atoms with van der Waals surface area (Å²) in [5, 5.41) is 10.1. The number of hydrogen-bond donors (Lipinski definition) is 3. The lowest BCUT2D eigenvalue weighted by Crippen LogP contribution is -2.30. The number of halogens is 1. The Morgan fingerprint density at radius 2 is 1.82 bits per heavy atom. The highest BCUT2D eigenvalue weighted by molar-refractivity contribution is 6.43. The van der Waals surface area contributed by atoms with E-state index in [0.717, 1.165) is 37.4 Å². The van der Waals surface area contributed by atoms with E-state index in [1.165, 1.54) is 36.3 Å². The third kappa shape index (κ3) is 6.85. The molecule has 0 unspecified atom stereocenters. The van der Waals surface area contributed by atoms with Crippen LogP contribution >= 0.6 is 11.6 Å². The fourth-order valence-electron chi connectivity index (χ4n) is 4.60. The first kappa shape index (κ1) is 28.3. The van der Waals surface area contributed by atoms with Crippen LogP contribution in [0.15, 0.2) is 42.6 Å². The summed E-state index contributed by atoms with van der Waals surface area (Å²) in [5.74, 6) is 0.557. The molecular formula is C29H35ClN6O3. The summed E-state index contributed by atoms with van der Waals surface area (Å²) in [7, 11) is 3.07. The number of anilines is 4. The fraction of sp³-hybridized carbons (Fsp3) is 0.379. The lowest BCUT2D eigenvalue weighted by atomic mass is 9.87. The number of amides is 1. The van der Waals surface area contributed by atoms with Crippen molar-refractivity contribution < 1.29 is 14.3 Å². The van der Waals surface area contributed by atoms with Crippen LogP contribution in [-0.2, 0) is 4.79 Å². The molecule has 0 spiro atoms. The van der Waals surface area contributed by atoms with Crippen LogP contribution in [0.25, 0.3) is 0 Å². The van der Waals surface area contributed by atoms with Crippen LogP contribution in [0.4, 0.5) is 23.1 Å². The monoisotopic (exact) mass is 550 g/mol. The molecule has 9 nitrogen and oxygen atoms in total. The van der Waals surface area contributed by atoms with Gasteiger partial charge < -0.3 is 25.6 Å². The van der Waals surface area contributed by atoms with Gasteiger partial charge in [-0.25, -0.2) is 4.98 Å². The second-order valence-corrected chi connectivity index (χ2v) is 10.5. The second kappa shape index (κ2) is 12.4. The molecule has 4 rings (SSSR count). The number of aryl methyl sites for hydroxylation is 1. The molecule has 39 heavy (non-hydrogen) atoms. The van der Waals surface area contributed by atoms with E-state index in [1.807, 2.05) is 13.8 Å². The summed E-state index contributed by atoms with van der Waals surface area (Å²) >= 11 is 6.42. The summed E-state index contributed by atoms with van der Waals surface area (Å²) in [5.41, 5.74) is 3.85. The highest BCUT2D eigenvalue weighted by atomic mass is 35.5. The number of Topliss-reactive ketones (excluding diaryl/α,β-unsaturated/α-hetero) is 1. The molecule has 1 aliphatic rings. The molecule has 0 atom stereocenters. The highest BCUT2D eigenvalue weighted by Crippen LogP contribution is 2.37. The molecule has 0 saturated carbocycles. The van der Waals surface area contributed by atoms with Crippen LogP contribution in [-0.4, -0.2) is 59.8 Å². The number of ketones is 1. The van der Waals surface area contributed by atoms with Gasteiger partial charge >= 0.3 is 0 Å². The summed E-state index contributed by atoms with van der Waals surface area (Å²) < 4.78 is 6.19. The summed E-state index contributed by atoms with van der Waals surface area (Å²) in [6, 6.07) is 10.9. The number of nitrogens with zero attached hydrogens (tertiary/aromatic N) is 3. The fourth-order valence-corrected chi connectivity index (χ4v) is 4.74. The molecule has 0 aliphatic carbocycles. The molecule has 0 radical (unpaired) electrons. The van der Waals surface area contributed by atoms with E-state index in [4.69, 9.17) is 16.3 Å². The number of para-hydroxylation sites is 1. The zero-order chi connectivity index (χ0) is 28.1. The van der Waals surface area contributed by atoms with Gasteiger partial charge in [0.1, 0.15) is 10.8 Å². The maximum absolute atomic E-state index is 12.8. The minimum absolute atomic E-state index is 0.0172. The minimum atomic E-state index is -0.633. The topological polar surface area (TPSA) is 108 Å². The third-order valence-corrected chi connectivity index (χ3v) is 6.80. The number of aromatic nitrogens is 2. The molecule has 3 N–H and O–H groups in total. The SMILES string of the molecule is Cc1cc(Nc2ncc(Cl)c(Nc3ccccc3C(=O)C(=O)N(C)C)n2)c(OC(C)C)cc1C1CCNCC1. The second-order valence-electron chi connectivity index (χ2n) is 10.1. The Hall–Kier alpha value is -3.69. The van der Waals surface area contributed by atoms with E-state index in [0.29, 0.717) is 23.4 Å². The van der Waals surface area contributed by atoms with Crippen molar-refractivity contribution in [2.75, 3.05) is 37.8 Å². The average molecular weight is 551 g/mol. The van der Waals surface area contributed by atoms with Crippen LogP contribution in [0.3, 0.4) is 0 Å². The summed E-state index contributed by atoms with van der Waals surface area (Å²) in [6.45, 7) is 8.12. The quantitative estimate of drug-likeness (QED) is 0.238. The molecule has 3 aromatic rings. The first-order chi connectivity index (χ1) is 18.6. The Kier molecular flexibility index (Phi) is 9.04. The van der Waals surface area contributed by atoms with Crippen molar-refractivity contribution in [2.45, 2.75) is 45.6 Å². The molecule has 1 amide bonds. The highest BCUT2D eigenvalue weighted by Gasteiger charge is 2.23. The first-order valence-electron chi connectivity index (χ1n) is 13.1. The van der Waals surface area contributed by atoms with Gasteiger partial charge in [0.25, 0.3) is 11.7 Å². The Balaban J connectivity index is 1.63. The maximum atomic E-state index is 12.8. The van der Waals surface area contributed by atoms with Crippen molar-refractivity contribution in [2.24, 2.45) is 0 Å². The Morgan fingerprint density at radius 1 is 1.10 bits per heavy atom. The molecule has 1 aliphatic heterocycles. The number of piperidine rings is 1. The molecule has 1 aromatic heterocycles. The van der Waals surface area contributed by atoms with Crippen LogP contribution in [0.2, 0.25) is 5.02 Å². The van der Waals surface area contributed by atoms with Crippen molar-refractivity contribution in [3.8, 4) is 5.75 Å².